The Morgan fingerprint density at radius 3 is 3.00 bits per heavy atom. The van der Waals surface area contributed by atoms with Crippen molar-refractivity contribution in [2.24, 2.45) is 0 Å². The molecular weight excluding hydrogens is 256 g/mol. The third-order valence-corrected chi connectivity index (χ3v) is 2.30. The first-order chi connectivity index (χ1) is 8.70. The molecular formula is C12H11ClN2O3. The number of anilines is 1. The van der Waals surface area contributed by atoms with Crippen LogP contribution in [0.2, 0.25) is 5.22 Å². The zero-order chi connectivity index (χ0) is 13.0. The van der Waals surface area contributed by atoms with Gasteiger partial charge in [-0.3, -0.25) is 4.79 Å². The molecule has 2 rings (SSSR count). The van der Waals surface area contributed by atoms with E-state index in [-0.39, 0.29) is 11.0 Å². The van der Waals surface area contributed by atoms with Gasteiger partial charge in [-0.15, -0.1) is 0 Å². The molecule has 0 radical (unpaired) electrons. The van der Waals surface area contributed by atoms with Gasteiger partial charge in [0, 0.05) is 6.20 Å². The van der Waals surface area contributed by atoms with Crippen molar-refractivity contribution in [3.05, 3.63) is 41.4 Å². The summed E-state index contributed by atoms with van der Waals surface area (Å²) in [5.74, 6) is 0.0909. The Kier molecular flexibility index (Phi) is 3.84. The molecule has 18 heavy (non-hydrogen) atoms. The number of hydrogen-bond acceptors (Lipinski definition) is 4. The van der Waals surface area contributed by atoms with E-state index in [1.165, 1.54) is 12.1 Å². The highest BCUT2D eigenvalue weighted by Gasteiger charge is 2.13. The second-order valence-electron chi connectivity index (χ2n) is 3.35. The Morgan fingerprint density at radius 2 is 2.33 bits per heavy atom. The molecule has 0 atom stereocenters. The van der Waals surface area contributed by atoms with Crippen molar-refractivity contribution in [3.63, 3.8) is 0 Å². The van der Waals surface area contributed by atoms with Crippen molar-refractivity contribution < 1.29 is 13.9 Å². The SMILES string of the molecule is CCOc1ncccc1NC(=O)c1ccc(Cl)o1. The normalized spacial score (nSPS) is 10.1. The second-order valence-corrected chi connectivity index (χ2v) is 3.72. The van der Waals surface area contributed by atoms with Gasteiger partial charge in [-0.1, -0.05) is 0 Å². The molecule has 0 aromatic carbocycles. The summed E-state index contributed by atoms with van der Waals surface area (Å²) in [7, 11) is 0. The van der Waals surface area contributed by atoms with Crippen molar-refractivity contribution in [2.75, 3.05) is 11.9 Å². The van der Waals surface area contributed by atoms with Crippen molar-refractivity contribution in [1.82, 2.24) is 4.98 Å². The highest BCUT2D eigenvalue weighted by molar-refractivity contribution is 6.29. The molecule has 0 bridgehead atoms. The molecule has 0 fully saturated rings. The second kappa shape index (κ2) is 5.55. The summed E-state index contributed by atoms with van der Waals surface area (Å²) in [5.41, 5.74) is 0.483. The monoisotopic (exact) mass is 266 g/mol. The minimum absolute atomic E-state index is 0.131. The molecule has 0 spiro atoms. The molecule has 94 valence electrons. The molecule has 6 heteroatoms. The summed E-state index contributed by atoms with van der Waals surface area (Å²) in [4.78, 5) is 15.9. The van der Waals surface area contributed by atoms with Crippen LogP contribution in [0.1, 0.15) is 17.5 Å². The molecule has 0 unspecified atom stereocenters. The highest BCUT2D eigenvalue weighted by atomic mass is 35.5. The lowest BCUT2D eigenvalue weighted by Gasteiger charge is -2.08. The molecule has 0 saturated carbocycles. The molecule has 0 aliphatic carbocycles. The Balaban J connectivity index is 2.16. The van der Waals surface area contributed by atoms with Gasteiger partial charge in [0.25, 0.3) is 5.91 Å². The van der Waals surface area contributed by atoms with Gasteiger partial charge in [0.2, 0.25) is 5.88 Å². The average molecular weight is 267 g/mol. The van der Waals surface area contributed by atoms with Crippen molar-refractivity contribution in [2.45, 2.75) is 6.92 Å². The third-order valence-electron chi connectivity index (χ3n) is 2.10. The number of pyridine rings is 1. The van der Waals surface area contributed by atoms with E-state index in [2.05, 4.69) is 10.3 Å². The van der Waals surface area contributed by atoms with Crippen LogP contribution in [0.15, 0.2) is 34.9 Å². The number of halogens is 1. The van der Waals surface area contributed by atoms with E-state index < -0.39 is 5.91 Å². The molecule has 0 aliphatic heterocycles. The third kappa shape index (κ3) is 2.81. The fourth-order valence-corrected chi connectivity index (χ4v) is 1.50. The molecule has 0 saturated heterocycles. The zero-order valence-electron chi connectivity index (χ0n) is 9.64. The predicted molar refractivity (Wildman–Crippen MR) is 67.1 cm³/mol. The van der Waals surface area contributed by atoms with Gasteiger partial charge in [-0.25, -0.2) is 4.98 Å². The standard InChI is InChI=1S/C12H11ClN2O3/c1-2-17-12-8(4-3-7-14-12)15-11(16)9-5-6-10(13)18-9/h3-7H,2H2,1H3,(H,15,16). The van der Waals surface area contributed by atoms with E-state index in [9.17, 15) is 4.79 Å². The topological polar surface area (TPSA) is 64.4 Å². The molecule has 2 aromatic heterocycles. The predicted octanol–water partition coefficient (Wildman–Crippen LogP) is 2.98. The Hall–Kier alpha value is -2.01. The van der Waals surface area contributed by atoms with Crippen LogP contribution in [0.3, 0.4) is 0 Å². The summed E-state index contributed by atoms with van der Waals surface area (Å²) in [6, 6.07) is 6.39. The average Bonchev–Trinajstić information content (AvgIpc) is 2.79. The number of amides is 1. The van der Waals surface area contributed by atoms with Crippen LogP contribution >= 0.6 is 11.6 Å². The maximum atomic E-state index is 11.8. The van der Waals surface area contributed by atoms with Crippen molar-refractivity contribution in [1.29, 1.82) is 0 Å². The van der Waals surface area contributed by atoms with E-state index >= 15 is 0 Å². The van der Waals surface area contributed by atoms with E-state index in [4.69, 9.17) is 20.8 Å². The van der Waals surface area contributed by atoms with Gasteiger partial charge in [0.05, 0.1) is 6.61 Å². The van der Waals surface area contributed by atoms with Crippen LogP contribution in [0, 0.1) is 0 Å². The lowest BCUT2D eigenvalue weighted by Crippen LogP contribution is -2.12. The summed E-state index contributed by atoms with van der Waals surface area (Å²) in [6.45, 7) is 2.30. The number of ether oxygens (including phenoxy) is 1. The van der Waals surface area contributed by atoms with E-state index in [1.54, 1.807) is 18.3 Å². The van der Waals surface area contributed by atoms with Gasteiger partial charge in [0.1, 0.15) is 5.69 Å². The van der Waals surface area contributed by atoms with Crippen LogP contribution in [0.5, 0.6) is 5.88 Å². The van der Waals surface area contributed by atoms with Crippen molar-refractivity contribution >= 4 is 23.2 Å². The van der Waals surface area contributed by atoms with Crippen LogP contribution in [-0.2, 0) is 0 Å². The molecule has 1 N–H and O–H groups in total. The first-order valence-electron chi connectivity index (χ1n) is 5.35. The summed E-state index contributed by atoms with van der Waals surface area (Å²) in [6.07, 6.45) is 1.59. The number of carbonyl (C=O) groups is 1. The Bertz CT molecular complexity index is 554. The minimum atomic E-state index is -0.407. The number of rotatable bonds is 4. The Morgan fingerprint density at radius 1 is 1.50 bits per heavy atom. The molecule has 1 amide bonds. The van der Waals surface area contributed by atoms with Gasteiger partial charge < -0.3 is 14.5 Å². The fourth-order valence-electron chi connectivity index (χ4n) is 1.36. The highest BCUT2D eigenvalue weighted by Crippen LogP contribution is 2.22. The van der Waals surface area contributed by atoms with Gasteiger partial charge >= 0.3 is 0 Å². The summed E-state index contributed by atoms with van der Waals surface area (Å²) < 4.78 is 10.3. The first-order valence-corrected chi connectivity index (χ1v) is 5.73. The number of nitrogens with zero attached hydrogens (tertiary/aromatic N) is 1. The summed E-state index contributed by atoms with van der Waals surface area (Å²) in [5, 5.41) is 2.81. The van der Waals surface area contributed by atoms with Gasteiger partial charge in [-0.2, -0.15) is 0 Å². The van der Waals surface area contributed by atoms with E-state index in [0.717, 1.165) is 0 Å². The van der Waals surface area contributed by atoms with Gasteiger partial charge in [-0.05, 0) is 42.8 Å². The molecule has 2 heterocycles. The zero-order valence-corrected chi connectivity index (χ0v) is 10.4. The number of nitrogens with one attached hydrogen (secondary N) is 1. The number of furan rings is 1. The molecule has 0 aliphatic rings. The maximum absolute atomic E-state index is 11.8. The lowest BCUT2D eigenvalue weighted by atomic mass is 10.3. The fraction of sp³-hybridized carbons (Fsp3) is 0.167. The summed E-state index contributed by atoms with van der Waals surface area (Å²) >= 11 is 5.60. The number of carbonyl (C=O) groups excluding carboxylic acids is 1. The Labute approximate surface area is 109 Å². The largest absolute Gasteiger partial charge is 0.476 e. The smallest absolute Gasteiger partial charge is 0.291 e. The van der Waals surface area contributed by atoms with Crippen molar-refractivity contribution in [3.8, 4) is 5.88 Å². The van der Waals surface area contributed by atoms with Gasteiger partial charge in [0.15, 0.2) is 11.0 Å². The van der Waals surface area contributed by atoms with Crippen LogP contribution in [0.25, 0.3) is 0 Å². The number of hydrogen-bond donors (Lipinski definition) is 1. The molecule has 5 nitrogen and oxygen atoms in total. The number of aromatic nitrogens is 1. The quantitative estimate of drug-likeness (QED) is 0.924. The van der Waals surface area contributed by atoms with Crippen LogP contribution < -0.4 is 10.1 Å². The molecule has 2 aromatic rings. The minimum Gasteiger partial charge on any atom is -0.476 e. The van der Waals surface area contributed by atoms with Crippen LogP contribution in [-0.4, -0.2) is 17.5 Å². The first kappa shape index (κ1) is 12.4. The lowest BCUT2D eigenvalue weighted by molar-refractivity contribution is 0.0996. The van der Waals surface area contributed by atoms with E-state index in [1.807, 2.05) is 6.92 Å². The maximum Gasteiger partial charge on any atom is 0.291 e. The van der Waals surface area contributed by atoms with Crippen LogP contribution in [0.4, 0.5) is 5.69 Å². The van der Waals surface area contributed by atoms with E-state index in [0.29, 0.717) is 18.2 Å².